The Kier molecular flexibility index (Phi) is 20.2. The second-order valence-electron chi connectivity index (χ2n) is 15.0. The predicted molar refractivity (Wildman–Crippen MR) is 204 cm³/mol. The molecule has 4 rings (SSSR count). The van der Waals surface area contributed by atoms with Crippen molar-refractivity contribution in [3.63, 3.8) is 0 Å². The molecule has 0 spiro atoms. The number of benzene rings is 2. The van der Waals surface area contributed by atoms with Crippen LogP contribution in [-0.2, 0) is 17.8 Å². The number of halogens is 2. The lowest BCUT2D eigenvalue weighted by Gasteiger charge is -2.37. The van der Waals surface area contributed by atoms with Crippen LogP contribution < -0.4 is 10.6 Å². The quantitative estimate of drug-likeness (QED) is 0.0727. The zero-order valence-corrected chi connectivity index (χ0v) is 31.4. The van der Waals surface area contributed by atoms with E-state index in [9.17, 15) is 19.0 Å². The summed E-state index contributed by atoms with van der Waals surface area (Å²) in [4.78, 5) is 5.29. The van der Waals surface area contributed by atoms with Crippen molar-refractivity contribution in [2.24, 2.45) is 0 Å². The molecule has 9 heteroatoms. The van der Waals surface area contributed by atoms with Crippen molar-refractivity contribution in [1.29, 1.82) is 0 Å². The summed E-state index contributed by atoms with van der Waals surface area (Å²) in [5.74, 6) is -1.57. The van der Waals surface area contributed by atoms with Crippen LogP contribution in [0.1, 0.15) is 127 Å². The third kappa shape index (κ3) is 16.5. The van der Waals surface area contributed by atoms with E-state index in [0.29, 0.717) is 36.4 Å². The van der Waals surface area contributed by atoms with E-state index >= 15 is 0 Å². The van der Waals surface area contributed by atoms with Gasteiger partial charge >= 0.3 is 0 Å². The van der Waals surface area contributed by atoms with E-state index in [1.807, 2.05) is 0 Å². The Morgan fingerprint density at radius 1 is 0.529 bits per heavy atom. The molecule has 2 aromatic carbocycles. The van der Waals surface area contributed by atoms with Crippen molar-refractivity contribution in [3.8, 4) is 11.5 Å². The molecule has 0 radical (unpaired) electrons. The third-order valence-corrected chi connectivity index (χ3v) is 10.9. The Morgan fingerprint density at radius 2 is 0.882 bits per heavy atom. The Hall–Kier alpha value is -2.30. The topological polar surface area (TPSA) is 80.2 Å². The molecular weight excluding hydrogens is 646 g/mol. The number of rotatable bonds is 26. The maximum atomic E-state index is 13.4. The van der Waals surface area contributed by atoms with Crippen LogP contribution in [0.25, 0.3) is 0 Å². The van der Waals surface area contributed by atoms with Gasteiger partial charge < -0.3 is 35.4 Å². The molecule has 2 aliphatic rings. The first-order chi connectivity index (χ1) is 25.0. The van der Waals surface area contributed by atoms with E-state index in [4.69, 9.17) is 4.74 Å². The summed E-state index contributed by atoms with van der Waals surface area (Å²) in [6.45, 7) is 10.0. The summed E-state index contributed by atoms with van der Waals surface area (Å²) in [5, 5.41) is 26.1. The molecule has 2 aromatic rings. The molecule has 0 saturated carbocycles. The Morgan fingerprint density at radius 3 is 1.27 bits per heavy atom. The number of aromatic hydroxyl groups is 2. The van der Waals surface area contributed by atoms with Gasteiger partial charge in [0.05, 0.1) is 12.2 Å². The van der Waals surface area contributed by atoms with Gasteiger partial charge in [-0.15, -0.1) is 0 Å². The van der Waals surface area contributed by atoms with Crippen molar-refractivity contribution >= 4 is 0 Å². The predicted octanol–water partition coefficient (Wildman–Crippen LogP) is 8.66. The molecule has 0 amide bonds. The lowest BCUT2D eigenvalue weighted by Crippen LogP contribution is -2.42. The average molecular weight is 715 g/mol. The molecule has 2 heterocycles. The van der Waals surface area contributed by atoms with Gasteiger partial charge in [-0.3, -0.25) is 0 Å². The third-order valence-electron chi connectivity index (χ3n) is 10.9. The second kappa shape index (κ2) is 24.9. The van der Waals surface area contributed by atoms with Gasteiger partial charge in [-0.2, -0.15) is 0 Å². The summed E-state index contributed by atoms with van der Waals surface area (Å²) < 4.78 is 33.4. The largest absolute Gasteiger partial charge is 0.505 e. The maximum Gasteiger partial charge on any atom is 0.165 e. The highest BCUT2D eigenvalue weighted by Crippen LogP contribution is 2.23. The fraction of sp³-hybridized carbons (Fsp3) is 0.714. The fourth-order valence-corrected chi connectivity index (χ4v) is 7.60. The molecule has 288 valence electrons. The number of likely N-dealkylation sites (tertiary alicyclic amines) is 2. The molecule has 2 saturated heterocycles. The zero-order valence-electron chi connectivity index (χ0n) is 31.4. The Bertz CT molecular complexity index is 1110. The van der Waals surface area contributed by atoms with Crippen LogP contribution in [0.2, 0.25) is 0 Å². The van der Waals surface area contributed by atoms with Crippen LogP contribution in [0, 0.1) is 11.6 Å². The smallest absolute Gasteiger partial charge is 0.165 e. The molecule has 0 aliphatic carbocycles. The Balaban J connectivity index is 0.872. The monoisotopic (exact) mass is 715 g/mol. The van der Waals surface area contributed by atoms with E-state index in [-0.39, 0.29) is 11.5 Å². The van der Waals surface area contributed by atoms with Crippen molar-refractivity contribution in [2.45, 2.75) is 141 Å². The van der Waals surface area contributed by atoms with Crippen LogP contribution in [0.5, 0.6) is 11.5 Å². The lowest BCUT2D eigenvalue weighted by atomic mass is 10.0. The van der Waals surface area contributed by atoms with Gasteiger partial charge in [-0.05, 0) is 89.7 Å². The number of piperidine rings is 2. The SMILES string of the molecule is Oc1c(F)cccc1CNCCCCCCCCCN1CCC(OC2CCN(CCCCCCCCCNCc3cccc(F)c3O)CC2)CC1. The normalized spacial score (nSPS) is 16.7. The molecular formula is C42H68F2N4O3. The molecule has 51 heavy (non-hydrogen) atoms. The van der Waals surface area contributed by atoms with Gasteiger partial charge in [0.1, 0.15) is 0 Å². The highest BCUT2D eigenvalue weighted by atomic mass is 19.1. The van der Waals surface area contributed by atoms with E-state index in [1.54, 1.807) is 24.3 Å². The van der Waals surface area contributed by atoms with Gasteiger partial charge in [0.25, 0.3) is 0 Å². The summed E-state index contributed by atoms with van der Waals surface area (Å²) >= 11 is 0. The first kappa shape index (κ1) is 41.5. The van der Waals surface area contributed by atoms with Crippen molar-refractivity contribution in [2.75, 3.05) is 52.4 Å². The number of phenolic OH excluding ortho intramolecular Hbond substituents is 2. The standard InChI is InChI=1S/C42H68F2N4O3/c43-39-19-15-17-35(41(39)49)33-45-25-11-7-3-1-5-9-13-27-47-29-21-37(22-30-47)51-38-23-31-48(32-24-38)28-14-10-6-2-4-8-12-26-46-34-36-18-16-20-40(44)42(36)50/h15-20,37-38,45-46,49-50H,1-14,21-34H2. The molecule has 2 fully saturated rings. The zero-order chi connectivity index (χ0) is 35.9. The molecule has 0 unspecified atom stereocenters. The van der Waals surface area contributed by atoms with Gasteiger partial charge in [-0.25, -0.2) is 8.78 Å². The highest BCUT2D eigenvalue weighted by Gasteiger charge is 2.25. The van der Waals surface area contributed by atoms with E-state index in [1.165, 1.54) is 154 Å². The minimum absolute atomic E-state index is 0.233. The number of ether oxygens (including phenoxy) is 1. The van der Waals surface area contributed by atoms with E-state index < -0.39 is 11.6 Å². The van der Waals surface area contributed by atoms with Crippen molar-refractivity contribution in [3.05, 3.63) is 59.2 Å². The van der Waals surface area contributed by atoms with Crippen LogP contribution in [0.3, 0.4) is 0 Å². The summed E-state index contributed by atoms with van der Waals surface area (Å²) in [6, 6.07) is 9.37. The van der Waals surface area contributed by atoms with E-state index in [0.717, 1.165) is 25.9 Å². The lowest BCUT2D eigenvalue weighted by molar-refractivity contribution is -0.0650. The number of hydrogen-bond acceptors (Lipinski definition) is 7. The highest BCUT2D eigenvalue weighted by molar-refractivity contribution is 5.34. The average Bonchev–Trinajstić information content (AvgIpc) is 3.14. The fourth-order valence-electron chi connectivity index (χ4n) is 7.60. The van der Waals surface area contributed by atoms with Crippen LogP contribution in [-0.4, -0.2) is 84.6 Å². The number of unbranched alkanes of at least 4 members (excludes halogenated alkanes) is 12. The van der Waals surface area contributed by atoms with Crippen LogP contribution in [0.15, 0.2) is 36.4 Å². The molecule has 0 aromatic heterocycles. The molecule has 2 aliphatic heterocycles. The maximum absolute atomic E-state index is 13.4. The van der Waals surface area contributed by atoms with Crippen molar-refractivity contribution in [1.82, 2.24) is 20.4 Å². The minimum atomic E-state index is -0.552. The number of para-hydroxylation sites is 2. The minimum Gasteiger partial charge on any atom is -0.505 e. The first-order valence-electron chi connectivity index (χ1n) is 20.4. The molecule has 0 bridgehead atoms. The van der Waals surface area contributed by atoms with Crippen LogP contribution in [0.4, 0.5) is 8.78 Å². The van der Waals surface area contributed by atoms with E-state index in [2.05, 4.69) is 20.4 Å². The molecule has 7 nitrogen and oxygen atoms in total. The van der Waals surface area contributed by atoms with Crippen LogP contribution >= 0.6 is 0 Å². The Labute approximate surface area is 307 Å². The first-order valence-corrected chi connectivity index (χ1v) is 20.4. The summed E-state index contributed by atoms with van der Waals surface area (Å²) in [6.07, 6.45) is 23.3. The summed E-state index contributed by atoms with van der Waals surface area (Å²) in [5.41, 5.74) is 1.24. The molecule has 4 N–H and O–H groups in total. The number of hydrogen-bond donors (Lipinski definition) is 4. The second-order valence-corrected chi connectivity index (χ2v) is 15.0. The number of nitrogens with zero attached hydrogens (tertiary/aromatic N) is 2. The van der Waals surface area contributed by atoms with Gasteiger partial charge in [0, 0.05) is 50.4 Å². The van der Waals surface area contributed by atoms with Crippen molar-refractivity contribution < 1.29 is 23.7 Å². The number of nitrogens with one attached hydrogen (secondary N) is 2. The van der Waals surface area contributed by atoms with Gasteiger partial charge in [0.2, 0.25) is 0 Å². The van der Waals surface area contributed by atoms with Gasteiger partial charge in [0.15, 0.2) is 23.1 Å². The summed E-state index contributed by atoms with van der Waals surface area (Å²) in [7, 11) is 0. The van der Waals surface area contributed by atoms with Gasteiger partial charge in [-0.1, -0.05) is 88.5 Å². The number of phenols is 2. The molecule has 0 atom stereocenters.